The highest BCUT2D eigenvalue weighted by Gasteiger charge is 2.42. The van der Waals surface area contributed by atoms with Crippen LogP contribution in [0.3, 0.4) is 0 Å². The molecular formula is C8H14N4O5. The predicted octanol–water partition coefficient (Wildman–Crippen LogP) is -1.37. The van der Waals surface area contributed by atoms with E-state index in [9.17, 15) is 15.0 Å². The summed E-state index contributed by atoms with van der Waals surface area (Å²) >= 11 is 0. The lowest BCUT2D eigenvalue weighted by Gasteiger charge is -2.39. The Labute approximate surface area is 96.7 Å². The van der Waals surface area contributed by atoms with E-state index in [-0.39, 0.29) is 6.61 Å². The van der Waals surface area contributed by atoms with Crippen LogP contribution in [0, 0.1) is 0 Å². The van der Waals surface area contributed by atoms with E-state index in [4.69, 9.17) is 16.0 Å². The van der Waals surface area contributed by atoms with Gasteiger partial charge in [-0.3, -0.25) is 4.79 Å². The molecule has 17 heavy (non-hydrogen) atoms. The lowest BCUT2D eigenvalue weighted by molar-refractivity contribution is -0.194. The standard InChI is InChI=1S/C8H14N4O5/c1-3(13)16-2-4-6(14)7(15)5(9)8(17-4)11-12-10/h4-8,14-15H,2,9H2,1H3/t4?,5-,6+,7?,8+/m0/s1. The fraction of sp³-hybridized carbons (Fsp3) is 0.875. The van der Waals surface area contributed by atoms with Crippen LogP contribution in [0.15, 0.2) is 5.11 Å². The summed E-state index contributed by atoms with van der Waals surface area (Å²) in [6.07, 6.45) is -4.72. The number of aliphatic hydroxyl groups is 2. The molecule has 1 aliphatic rings. The first kappa shape index (κ1) is 13.7. The number of esters is 1. The van der Waals surface area contributed by atoms with Crippen molar-refractivity contribution in [2.75, 3.05) is 6.61 Å². The van der Waals surface area contributed by atoms with Gasteiger partial charge in [-0.1, -0.05) is 5.11 Å². The molecule has 0 saturated carbocycles. The number of carbonyl (C=O) groups is 1. The molecule has 0 spiro atoms. The SMILES string of the molecule is CC(=O)OCC1O[C@@H](N=[N+]=[N-])[C@@H](N)C(O)[C@@H]1O. The van der Waals surface area contributed by atoms with Crippen molar-refractivity contribution >= 4 is 5.97 Å². The van der Waals surface area contributed by atoms with E-state index in [0.29, 0.717) is 0 Å². The highest BCUT2D eigenvalue weighted by molar-refractivity contribution is 5.65. The molecule has 1 heterocycles. The van der Waals surface area contributed by atoms with E-state index >= 15 is 0 Å². The summed E-state index contributed by atoms with van der Waals surface area (Å²) in [7, 11) is 0. The number of nitrogens with two attached hydrogens (primary N) is 1. The summed E-state index contributed by atoms with van der Waals surface area (Å²) in [6.45, 7) is 0.944. The Morgan fingerprint density at radius 1 is 1.59 bits per heavy atom. The number of hydrogen-bond donors (Lipinski definition) is 3. The molecule has 1 aliphatic heterocycles. The summed E-state index contributed by atoms with van der Waals surface area (Å²) in [5.74, 6) is -0.550. The van der Waals surface area contributed by atoms with Gasteiger partial charge in [0.2, 0.25) is 0 Å². The van der Waals surface area contributed by atoms with E-state index in [1.807, 2.05) is 0 Å². The molecule has 1 saturated heterocycles. The largest absolute Gasteiger partial charge is 0.463 e. The zero-order valence-corrected chi connectivity index (χ0v) is 9.13. The maximum absolute atomic E-state index is 10.6. The maximum Gasteiger partial charge on any atom is 0.302 e. The van der Waals surface area contributed by atoms with Gasteiger partial charge in [-0.15, -0.1) is 0 Å². The van der Waals surface area contributed by atoms with Crippen LogP contribution in [0.4, 0.5) is 0 Å². The third kappa shape index (κ3) is 3.29. The Balaban J connectivity index is 2.70. The van der Waals surface area contributed by atoms with E-state index in [0.717, 1.165) is 0 Å². The van der Waals surface area contributed by atoms with E-state index in [1.165, 1.54) is 6.92 Å². The average molecular weight is 246 g/mol. The first-order valence-electron chi connectivity index (χ1n) is 4.92. The van der Waals surface area contributed by atoms with Crippen molar-refractivity contribution in [3.63, 3.8) is 0 Å². The van der Waals surface area contributed by atoms with Crippen molar-refractivity contribution in [2.24, 2.45) is 10.8 Å². The van der Waals surface area contributed by atoms with Crippen LogP contribution in [-0.4, -0.2) is 53.4 Å². The van der Waals surface area contributed by atoms with E-state index in [1.54, 1.807) is 0 Å². The molecule has 9 nitrogen and oxygen atoms in total. The van der Waals surface area contributed by atoms with Crippen molar-refractivity contribution in [3.05, 3.63) is 10.4 Å². The highest BCUT2D eigenvalue weighted by Crippen LogP contribution is 2.21. The monoisotopic (exact) mass is 246 g/mol. The van der Waals surface area contributed by atoms with Crippen molar-refractivity contribution in [1.82, 2.24) is 0 Å². The summed E-state index contributed by atoms with van der Waals surface area (Å²) in [4.78, 5) is 13.1. The van der Waals surface area contributed by atoms with Crippen LogP contribution >= 0.6 is 0 Å². The van der Waals surface area contributed by atoms with Crippen LogP contribution in [0.1, 0.15) is 6.92 Å². The lowest BCUT2D eigenvalue weighted by atomic mass is 9.97. The van der Waals surface area contributed by atoms with Gasteiger partial charge < -0.3 is 25.4 Å². The van der Waals surface area contributed by atoms with Crippen LogP contribution < -0.4 is 5.73 Å². The van der Waals surface area contributed by atoms with Gasteiger partial charge in [0.15, 0.2) is 6.23 Å². The number of ether oxygens (including phenoxy) is 2. The Bertz CT molecular complexity index is 332. The lowest BCUT2D eigenvalue weighted by Crippen LogP contribution is -2.61. The third-order valence-corrected chi connectivity index (χ3v) is 2.38. The van der Waals surface area contributed by atoms with E-state index < -0.39 is 36.6 Å². The number of hydrogen-bond acceptors (Lipinski definition) is 7. The Hall–Kier alpha value is -1.38. The number of nitrogens with zero attached hydrogens (tertiary/aromatic N) is 3. The minimum atomic E-state index is -1.32. The average Bonchev–Trinajstić information content (AvgIpc) is 2.28. The topological polar surface area (TPSA) is 151 Å². The van der Waals surface area contributed by atoms with Crippen molar-refractivity contribution < 1.29 is 24.5 Å². The molecular weight excluding hydrogens is 232 g/mol. The van der Waals surface area contributed by atoms with E-state index in [2.05, 4.69) is 14.8 Å². The van der Waals surface area contributed by atoms with Gasteiger partial charge in [0.1, 0.15) is 24.9 Å². The molecule has 0 aliphatic carbocycles. The van der Waals surface area contributed by atoms with Crippen molar-refractivity contribution in [3.8, 4) is 0 Å². The minimum absolute atomic E-state index is 0.252. The van der Waals surface area contributed by atoms with Gasteiger partial charge >= 0.3 is 5.97 Å². The van der Waals surface area contributed by atoms with Gasteiger partial charge in [-0.25, -0.2) is 0 Å². The summed E-state index contributed by atoms with van der Waals surface area (Å²) < 4.78 is 9.79. The summed E-state index contributed by atoms with van der Waals surface area (Å²) in [5, 5.41) is 22.5. The van der Waals surface area contributed by atoms with Crippen LogP contribution in [-0.2, 0) is 14.3 Å². The molecule has 0 aromatic heterocycles. The zero-order valence-electron chi connectivity index (χ0n) is 9.13. The molecule has 4 N–H and O–H groups in total. The number of rotatable bonds is 3. The molecule has 1 fully saturated rings. The maximum atomic E-state index is 10.6. The Kier molecular flexibility index (Phi) is 4.67. The molecule has 0 amide bonds. The molecule has 2 unspecified atom stereocenters. The van der Waals surface area contributed by atoms with Gasteiger partial charge in [-0.2, -0.15) is 0 Å². The first-order chi connectivity index (χ1) is 7.97. The van der Waals surface area contributed by atoms with Crippen LogP contribution in [0.2, 0.25) is 0 Å². The number of azide groups is 1. The molecule has 96 valence electrons. The number of carbonyl (C=O) groups excluding carboxylic acids is 1. The highest BCUT2D eigenvalue weighted by atomic mass is 16.6. The van der Waals surface area contributed by atoms with Crippen molar-refractivity contribution in [2.45, 2.75) is 37.5 Å². The third-order valence-electron chi connectivity index (χ3n) is 2.38. The van der Waals surface area contributed by atoms with Crippen molar-refractivity contribution in [1.29, 1.82) is 0 Å². The van der Waals surface area contributed by atoms with Gasteiger partial charge in [-0.05, 0) is 5.53 Å². The van der Waals surface area contributed by atoms with Gasteiger partial charge in [0, 0.05) is 11.8 Å². The second-order valence-corrected chi connectivity index (χ2v) is 3.63. The fourth-order valence-electron chi connectivity index (χ4n) is 1.46. The smallest absolute Gasteiger partial charge is 0.302 e. The first-order valence-corrected chi connectivity index (χ1v) is 4.92. The molecule has 0 bridgehead atoms. The molecule has 0 aromatic rings. The second-order valence-electron chi connectivity index (χ2n) is 3.63. The molecule has 0 aromatic carbocycles. The molecule has 9 heteroatoms. The second kappa shape index (κ2) is 5.80. The molecule has 0 radical (unpaired) electrons. The van der Waals surface area contributed by atoms with Gasteiger partial charge in [0.05, 0.1) is 6.04 Å². The molecule has 1 rings (SSSR count). The number of aliphatic hydroxyl groups excluding tert-OH is 2. The van der Waals surface area contributed by atoms with Crippen LogP contribution in [0.5, 0.6) is 0 Å². The van der Waals surface area contributed by atoms with Gasteiger partial charge in [0.25, 0.3) is 0 Å². The zero-order chi connectivity index (χ0) is 13.0. The summed E-state index contributed by atoms with van der Waals surface area (Å²) in [5.41, 5.74) is 13.8. The van der Waals surface area contributed by atoms with Crippen LogP contribution in [0.25, 0.3) is 10.4 Å². The molecule has 5 atom stereocenters. The minimum Gasteiger partial charge on any atom is -0.463 e. The summed E-state index contributed by atoms with van der Waals surface area (Å²) in [6, 6.07) is -1.03. The normalized spacial score (nSPS) is 37.1. The fourth-order valence-corrected chi connectivity index (χ4v) is 1.46. The Morgan fingerprint density at radius 3 is 2.76 bits per heavy atom. The quantitative estimate of drug-likeness (QED) is 0.242. The Morgan fingerprint density at radius 2 is 2.24 bits per heavy atom. The predicted molar refractivity (Wildman–Crippen MR) is 54.4 cm³/mol.